The molecule has 0 saturated heterocycles. The lowest BCUT2D eigenvalue weighted by Gasteiger charge is -2.40. The van der Waals surface area contributed by atoms with Crippen molar-refractivity contribution in [3.63, 3.8) is 0 Å². The summed E-state index contributed by atoms with van der Waals surface area (Å²) in [6, 6.07) is 0. The third-order valence-electron chi connectivity index (χ3n) is 4.48. The molecule has 128 valence electrons. The van der Waals surface area contributed by atoms with Crippen LogP contribution in [0.2, 0.25) is 0 Å². The summed E-state index contributed by atoms with van der Waals surface area (Å²) in [6.45, 7) is 11.3. The van der Waals surface area contributed by atoms with Gasteiger partial charge in [-0.25, -0.2) is 0 Å². The van der Waals surface area contributed by atoms with E-state index in [0.29, 0.717) is 5.88 Å². The summed E-state index contributed by atoms with van der Waals surface area (Å²) in [5, 5.41) is 10.1. The molecule has 0 amide bonds. The standard InChI is InChI=1S/C18H39ClNO/c1-4-7-10-13-20(14-11-8-5-2,15-12-9-6-3)17-18(21)16-19/h18,21H,4-17H2,1-3H3/q+1. The van der Waals surface area contributed by atoms with E-state index in [-0.39, 0.29) is 6.10 Å². The first-order chi connectivity index (χ1) is 10.1. The molecule has 0 aliphatic carbocycles. The first-order valence-corrected chi connectivity index (χ1v) is 9.76. The van der Waals surface area contributed by atoms with E-state index in [4.69, 9.17) is 11.6 Å². The number of unbranched alkanes of at least 4 members (excludes halogenated alkanes) is 6. The second kappa shape index (κ2) is 13.8. The quantitative estimate of drug-likeness (QED) is 0.256. The van der Waals surface area contributed by atoms with Crippen LogP contribution in [0.25, 0.3) is 0 Å². The highest BCUT2D eigenvalue weighted by atomic mass is 35.5. The SMILES string of the molecule is CCCCC[N+](CCCCC)(CCCCC)CC(O)CCl. The zero-order valence-corrected chi connectivity index (χ0v) is 15.5. The highest BCUT2D eigenvalue weighted by molar-refractivity contribution is 6.18. The van der Waals surface area contributed by atoms with E-state index >= 15 is 0 Å². The van der Waals surface area contributed by atoms with Crippen LogP contribution < -0.4 is 0 Å². The third kappa shape index (κ3) is 10.5. The van der Waals surface area contributed by atoms with Gasteiger partial charge in [0.1, 0.15) is 12.6 Å². The van der Waals surface area contributed by atoms with E-state index in [1.165, 1.54) is 77.4 Å². The lowest BCUT2D eigenvalue weighted by Crippen LogP contribution is -2.54. The minimum absolute atomic E-state index is 0.350. The second-order valence-electron chi connectivity index (χ2n) is 6.62. The molecule has 0 bridgehead atoms. The lowest BCUT2D eigenvalue weighted by molar-refractivity contribution is -0.931. The minimum atomic E-state index is -0.350. The Labute approximate surface area is 138 Å². The van der Waals surface area contributed by atoms with Crippen molar-refractivity contribution in [3.05, 3.63) is 0 Å². The number of alkyl halides is 1. The number of nitrogens with zero attached hydrogens (tertiary/aromatic N) is 1. The van der Waals surface area contributed by atoms with Gasteiger partial charge in [0.25, 0.3) is 0 Å². The van der Waals surface area contributed by atoms with Crippen molar-refractivity contribution < 1.29 is 9.59 Å². The van der Waals surface area contributed by atoms with Crippen LogP contribution in [-0.2, 0) is 0 Å². The number of hydrogen-bond acceptors (Lipinski definition) is 1. The zero-order chi connectivity index (χ0) is 16.0. The summed E-state index contributed by atoms with van der Waals surface area (Å²) < 4.78 is 1.09. The maximum absolute atomic E-state index is 10.1. The lowest BCUT2D eigenvalue weighted by atomic mass is 10.1. The summed E-state index contributed by atoms with van der Waals surface area (Å²) in [7, 11) is 0. The molecule has 0 fully saturated rings. The molecule has 3 heteroatoms. The second-order valence-corrected chi connectivity index (χ2v) is 6.93. The molecule has 0 aromatic rings. The summed E-state index contributed by atoms with van der Waals surface area (Å²) in [6.07, 6.45) is 11.2. The molecular weight excluding hydrogens is 282 g/mol. The van der Waals surface area contributed by atoms with E-state index in [2.05, 4.69) is 20.8 Å². The van der Waals surface area contributed by atoms with E-state index in [1.807, 2.05) is 0 Å². The monoisotopic (exact) mass is 320 g/mol. The smallest absolute Gasteiger partial charge is 0.116 e. The van der Waals surface area contributed by atoms with Crippen LogP contribution in [0.3, 0.4) is 0 Å². The van der Waals surface area contributed by atoms with Gasteiger partial charge in [0, 0.05) is 0 Å². The normalized spacial score (nSPS) is 13.6. The maximum Gasteiger partial charge on any atom is 0.116 e. The van der Waals surface area contributed by atoms with Gasteiger partial charge >= 0.3 is 0 Å². The molecule has 0 radical (unpaired) electrons. The number of rotatable bonds is 15. The molecule has 2 nitrogen and oxygen atoms in total. The molecule has 0 rings (SSSR count). The molecule has 1 atom stereocenters. The molecule has 0 aromatic carbocycles. The molecule has 0 aliphatic heterocycles. The number of hydrogen-bond donors (Lipinski definition) is 1. The number of quaternary nitrogens is 1. The van der Waals surface area contributed by atoms with Gasteiger partial charge in [0.15, 0.2) is 0 Å². The van der Waals surface area contributed by atoms with Crippen molar-refractivity contribution in [1.29, 1.82) is 0 Å². The minimum Gasteiger partial charge on any atom is -0.386 e. The zero-order valence-electron chi connectivity index (χ0n) is 14.7. The Morgan fingerprint density at radius 2 is 1.14 bits per heavy atom. The number of halogens is 1. The fourth-order valence-corrected chi connectivity index (χ4v) is 3.29. The molecule has 0 spiro atoms. The highest BCUT2D eigenvalue weighted by Gasteiger charge is 2.28. The molecule has 0 aliphatic rings. The van der Waals surface area contributed by atoms with Crippen molar-refractivity contribution in [2.45, 2.75) is 84.7 Å². The predicted octanol–water partition coefficient (Wildman–Crippen LogP) is 4.97. The van der Waals surface area contributed by atoms with Gasteiger partial charge in [0.05, 0.1) is 25.5 Å². The third-order valence-corrected chi connectivity index (χ3v) is 4.84. The topological polar surface area (TPSA) is 20.2 Å². The van der Waals surface area contributed by atoms with Gasteiger partial charge in [-0.15, -0.1) is 11.6 Å². The Kier molecular flexibility index (Phi) is 14.0. The van der Waals surface area contributed by atoms with Gasteiger partial charge in [0.2, 0.25) is 0 Å². The van der Waals surface area contributed by atoms with Gasteiger partial charge in [-0.1, -0.05) is 40.0 Å². The van der Waals surface area contributed by atoms with E-state index in [1.54, 1.807) is 0 Å². The first-order valence-electron chi connectivity index (χ1n) is 9.23. The van der Waals surface area contributed by atoms with Gasteiger partial charge < -0.3 is 9.59 Å². The fourth-order valence-electron chi connectivity index (χ4n) is 3.20. The first kappa shape index (κ1) is 21.2. The van der Waals surface area contributed by atoms with Gasteiger partial charge in [-0.2, -0.15) is 0 Å². The van der Waals surface area contributed by atoms with Crippen LogP contribution >= 0.6 is 11.6 Å². The number of aliphatic hydroxyl groups is 1. The maximum atomic E-state index is 10.1. The largest absolute Gasteiger partial charge is 0.386 e. The van der Waals surface area contributed by atoms with Crippen molar-refractivity contribution in [1.82, 2.24) is 0 Å². The Balaban J connectivity index is 4.69. The van der Waals surface area contributed by atoms with Crippen molar-refractivity contribution in [3.8, 4) is 0 Å². The summed E-state index contributed by atoms with van der Waals surface area (Å²) in [4.78, 5) is 0. The van der Waals surface area contributed by atoms with Crippen molar-refractivity contribution >= 4 is 11.6 Å². The highest BCUT2D eigenvalue weighted by Crippen LogP contribution is 2.18. The van der Waals surface area contributed by atoms with Crippen molar-refractivity contribution in [2.24, 2.45) is 0 Å². The Morgan fingerprint density at radius 1 is 0.762 bits per heavy atom. The van der Waals surface area contributed by atoms with Crippen LogP contribution in [0.15, 0.2) is 0 Å². The molecule has 21 heavy (non-hydrogen) atoms. The molecule has 0 aromatic heterocycles. The van der Waals surface area contributed by atoms with Crippen LogP contribution in [-0.4, -0.2) is 47.8 Å². The van der Waals surface area contributed by atoms with Crippen LogP contribution in [0.1, 0.15) is 78.6 Å². The molecule has 1 unspecified atom stereocenters. The molecule has 0 saturated carbocycles. The van der Waals surface area contributed by atoms with Gasteiger partial charge in [-0.05, 0) is 38.5 Å². The van der Waals surface area contributed by atoms with E-state index < -0.39 is 0 Å². The molecular formula is C18H39ClNO+. The summed E-state index contributed by atoms with van der Waals surface area (Å²) in [5.74, 6) is 0.370. The van der Waals surface area contributed by atoms with Crippen LogP contribution in [0.4, 0.5) is 0 Å². The Bertz CT molecular complexity index is 197. The fraction of sp³-hybridized carbons (Fsp3) is 1.00. The van der Waals surface area contributed by atoms with Crippen LogP contribution in [0.5, 0.6) is 0 Å². The van der Waals surface area contributed by atoms with Crippen molar-refractivity contribution in [2.75, 3.05) is 32.1 Å². The molecule has 1 N–H and O–H groups in total. The average molecular weight is 321 g/mol. The predicted molar refractivity (Wildman–Crippen MR) is 95.0 cm³/mol. The van der Waals surface area contributed by atoms with Crippen LogP contribution in [0, 0.1) is 0 Å². The Morgan fingerprint density at radius 3 is 1.43 bits per heavy atom. The van der Waals surface area contributed by atoms with E-state index in [9.17, 15) is 5.11 Å². The van der Waals surface area contributed by atoms with Gasteiger partial charge in [-0.3, -0.25) is 0 Å². The number of aliphatic hydroxyl groups excluding tert-OH is 1. The summed E-state index contributed by atoms with van der Waals surface area (Å²) >= 11 is 5.88. The summed E-state index contributed by atoms with van der Waals surface area (Å²) in [5.41, 5.74) is 0. The van der Waals surface area contributed by atoms with E-state index in [0.717, 1.165) is 11.0 Å². The molecule has 0 heterocycles. The Hall–Kier alpha value is 0.210. The average Bonchev–Trinajstić information content (AvgIpc) is 2.48.